The van der Waals surface area contributed by atoms with Crippen molar-refractivity contribution in [2.75, 3.05) is 39.5 Å². The molecule has 0 unspecified atom stereocenters. The van der Waals surface area contributed by atoms with Gasteiger partial charge in [0.2, 0.25) is 0 Å². The summed E-state index contributed by atoms with van der Waals surface area (Å²) in [6.45, 7) is 3.13. The second kappa shape index (κ2) is 10.1. The van der Waals surface area contributed by atoms with E-state index < -0.39 is 11.9 Å². The van der Waals surface area contributed by atoms with Crippen molar-refractivity contribution in [1.82, 2.24) is 19.6 Å². The van der Waals surface area contributed by atoms with Crippen LogP contribution in [0, 0.1) is 5.82 Å². The fourth-order valence-corrected chi connectivity index (χ4v) is 5.61. The molecule has 0 saturated carbocycles. The van der Waals surface area contributed by atoms with Gasteiger partial charge in [-0.25, -0.2) is 14.2 Å². The standard InChI is InChI=1S/C26H25FN4O5S/c27-20-14-18(36-26(33)30-7-11-35-12-8-30)2-3-19(20)21-15-31-22-4-1-16(13-23(22)37-25(31)29-21)24(32)28-17-5-9-34-10-6-17/h1-4,13-15,17H,5-12H2,(H,28,32). The summed E-state index contributed by atoms with van der Waals surface area (Å²) < 4.78 is 33.7. The summed E-state index contributed by atoms with van der Waals surface area (Å²) in [5, 5.41) is 3.08. The van der Waals surface area contributed by atoms with E-state index in [1.165, 1.54) is 22.3 Å². The lowest BCUT2D eigenvalue weighted by Crippen LogP contribution is -2.42. The molecule has 0 atom stereocenters. The molecule has 2 amide bonds. The second-order valence-electron chi connectivity index (χ2n) is 9.03. The molecular weight excluding hydrogens is 499 g/mol. The molecule has 2 aromatic heterocycles. The largest absolute Gasteiger partial charge is 0.415 e. The van der Waals surface area contributed by atoms with Gasteiger partial charge in [0.1, 0.15) is 11.6 Å². The van der Waals surface area contributed by atoms with Crippen LogP contribution in [0.25, 0.3) is 26.4 Å². The third-order valence-corrected chi connectivity index (χ3v) is 7.62. The molecule has 0 spiro atoms. The average molecular weight is 525 g/mol. The number of hydrogen-bond donors (Lipinski definition) is 1. The molecule has 1 N–H and O–H groups in total. The minimum absolute atomic E-state index is 0.1000. The van der Waals surface area contributed by atoms with Gasteiger partial charge in [-0.05, 0) is 43.2 Å². The van der Waals surface area contributed by atoms with Crippen molar-refractivity contribution < 1.29 is 28.2 Å². The normalized spacial score (nSPS) is 16.8. The van der Waals surface area contributed by atoms with Gasteiger partial charge in [-0.2, -0.15) is 0 Å². The summed E-state index contributed by atoms with van der Waals surface area (Å²) in [6.07, 6.45) is 2.88. The molecule has 11 heteroatoms. The van der Waals surface area contributed by atoms with Crippen LogP contribution in [0.1, 0.15) is 23.2 Å². The first-order valence-corrected chi connectivity index (χ1v) is 13.0. The number of ether oxygens (including phenoxy) is 3. The number of morpholine rings is 1. The van der Waals surface area contributed by atoms with Gasteiger partial charge in [0, 0.05) is 55.7 Å². The summed E-state index contributed by atoms with van der Waals surface area (Å²) in [5.74, 6) is -0.498. The fourth-order valence-electron chi connectivity index (χ4n) is 4.56. The van der Waals surface area contributed by atoms with Crippen molar-refractivity contribution in [1.29, 1.82) is 0 Å². The molecule has 4 aromatic rings. The third-order valence-electron chi connectivity index (χ3n) is 6.60. The molecule has 0 bridgehead atoms. The predicted molar refractivity (Wildman–Crippen MR) is 136 cm³/mol. The Morgan fingerprint density at radius 3 is 2.62 bits per heavy atom. The van der Waals surface area contributed by atoms with Crippen LogP contribution < -0.4 is 10.1 Å². The second-order valence-corrected chi connectivity index (χ2v) is 10.0. The van der Waals surface area contributed by atoms with E-state index in [1.54, 1.807) is 24.4 Å². The molecule has 192 valence electrons. The van der Waals surface area contributed by atoms with Crippen LogP contribution in [0.15, 0.2) is 42.6 Å². The van der Waals surface area contributed by atoms with Gasteiger partial charge in [0.15, 0.2) is 4.96 Å². The highest BCUT2D eigenvalue weighted by molar-refractivity contribution is 7.23. The van der Waals surface area contributed by atoms with Crippen LogP contribution in [0.4, 0.5) is 9.18 Å². The van der Waals surface area contributed by atoms with E-state index in [0.29, 0.717) is 61.3 Å². The third kappa shape index (κ3) is 4.89. The number of carbonyl (C=O) groups is 2. The number of nitrogens with zero attached hydrogens (tertiary/aromatic N) is 3. The number of nitrogens with one attached hydrogen (secondary N) is 1. The number of benzene rings is 2. The summed E-state index contributed by atoms with van der Waals surface area (Å²) in [4.78, 5) is 31.8. The molecule has 4 heterocycles. The Morgan fingerprint density at radius 2 is 1.84 bits per heavy atom. The summed E-state index contributed by atoms with van der Waals surface area (Å²) in [6, 6.07) is 9.98. The molecule has 9 nitrogen and oxygen atoms in total. The number of halogens is 1. The van der Waals surface area contributed by atoms with Crippen LogP contribution in [-0.4, -0.2) is 71.8 Å². The highest BCUT2D eigenvalue weighted by Gasteiger charge is 2.21. The minimum Gasteiger partial charge on any atom is -0.410 e. The Hall–Kier alpha value is -3.54. The SMILES string of the molecule is O=C(NC1CCOCC1)c1ccc2c(c1)sc1nc(-c3ccc(OC(=O)N4CCOCC4)cc3F)cn12. The zero-order chi connectivity index (χ0) is 25.4. The molecule has 0 radical (unpaired) electrons. The Balaban J connectivity index is 1.20. The van der Waals surface area contributed by atoms with E-state index in [-0.39, 0.29) is 17.7 Å². The molecule has 37 heavy (non-hydrogen) atoms. The Morgan fingerprint density at radius 1 is 1.05 bits per heavy atom. The summed E-state index contributed by atoms with van der Waals surface area (Å²) >= 11 is 1.43. The number of carbonyl (C=O) groups excluding carboxylic acids is 2. The van der Waals surface area contributed by atoms with Gasteiger partial charge in [0.25, 0.3) is 5.91 Å². The predicted octanol–water partition coefficient (Wildman–Crippen LogP) is 4.09. The number of hydrogen-bond acceptors (Lipinski definition) is 7. The van der Waals surface area contributed by atoms with E-state index >= 15 is 0 Å². The van der Waals surface area contributed by atoms with Gasteiger partial charge in [0.05, 0.1) is 29.1 Å². The maximum absolute atomic E-state index is 15.0. The number of rotatable bonds is 4. The number of thiazole rings is 1. The van der Waals surface area contributed by atoms with E-state index in [9.17, 15) is 14.0 Å². The van der Waals surface area contributed by atoms with Crippen LogP contribution in [0.2, 0.25) is 0 Å². The summed E-state index contributed by atoms with van der Waals surface area (Å²) in [5.41, 5.74) is 2.26. The molecule has 2 aromatic carbocycles. The van der Waals surface area contributed by atoms with Crippen molar-refractivity contribution in [3.8, 4) is 17.0 Å². The lowest BCUT2D eigenvalue weighted by molar-refractivity contribution is 0.0415. The van der Waals surface area contributed by atoms with E-state index in [0.717, 1.165) is 23.1 Å². The molecule has 2 aliphatic heterocycles. The molecule has 0 aliphatic carbocycles. The van der Waals surface area contributed by atoms with Crippen molar-refractivity contribution in [3.63, 3.8) is 0 Å². The van der Waals surface area contributed by atoms with Gasteiger partial charge in [-0.1, -0.05) is 11.3 Å². The van der Waals surface area contributed by atoms with Crippen molar-refractivity contribution in [2.24, 2.45) is 0 Å². The highest BCUT2D eigenvalue weighted by Crippen LogP contribution is 2.32. The maximum atomic E-state index is 15.0. The van der Waals surface area contributed by atoms with Gasteiger partial charge >= 0.3 is 6.09 Å². The molecular formula is C26H25FN4O5S. The van der Waals surface area contributed by atoms with Crippen molar-refractivity contribution >= 4 is 38.5 Å². The maximum Gasteiger partial charge on any atom is 0.415 e. The lowest BCUT2D eigenvalue weighted by Gasteiger charge is -2.25. The topological polar surface area (TPSA) is 94.4 Å². The number of amides is 2. The van der Waals surface area contributed by atoms with Crippen LogP contribution in [0.3, 0.4) is 0 Å². The van der Waals surface area contributed by atoms with E-state index in [1.807, 2.05) is 16.5 Å². The number of aromatic nitrogens is 2. The van der Waals surface area contributed by atoms with Crippen LogP contribution in [0.5, 0.6) is 5.75 Å². The number of fused-ring (bicyclic) bond motifs is 3. The molecule has 6 rings (SSSR count). The first-order chi connectivity index (χ1) is 18.0. The molecule has 2 saturated heterocycles. The van der Waals surface area contributed by atoms with Gasteiger partial charge in [-0.15, -0.1) is 0 Å². The first kappa shape index (κ1) is 23.8. The van der Waals surface area contributed by atoms with Gasteiger partial charge < -0.3 is 24.4 Å². The quantitative estimate of drug-likeness (QED) is 0.432. The fraction of sp³-hybridized carbons (Fsp3) is 0.346. The lowest BCUT2D eigenvalue weighted by atomic mass is 10.1. The number of imidazole rings is 1. The average Bonchev–Trinajstić information content (AvgIpc) is 3.47. The Kier molecular flexibility index (Phi) is 6.49. The van der Waals surface area contributed by atoms with Crippen LogP contribution >= 0.6 is 11.3 Å². The van der Waals surface area contributed by atoms with Crippen LogP contribution in [-0.2, 0) is 9.47 Å². The monoisotopic (exact) mass is 524 g/mol. The van der Waals surface area contributed by atoms with Gasteiger partial charge in [-0.3, -0.25) is 9.20 Å². The van der Waals surface area contributed by atoms with E-state index in [2.05, 4.69) is 10.3 Å². The minimum atomic E-state index is -0.533. The van der Waals surface area contributed by atoms with Crippen molar-refractivity contribution in [2.45, 2.75) is 18.9 Å². The molecule has 2 fully saturated rings. The van der Waals surface area contributed by atoms with E-state index in [4.69, 9.17) is 14.2 Å². The molecule has 2 aliphatic rings. The highest BCUT2D eigenvalue weighted by atomic mass is 32.1. The summed E-state index contributed by atoms with van der Waals surface area (Å²) in [7, 11) is 0. The zero-order valence-corrected chi connectivity index (χ0v) is 20.8. The first-order valence-electron chi connectivity index (χ1n) is 12.2. The zero-order valence-electron chi connectivity index (χ0n) is 19.9. The smallest absolute Gasteiger partial charge is 0.410 e. The Labute approximate surface area is 215 Å². The Bertz CT molecular complexity index is 1470. The van der Waals surface area contributed by atoms with Crippen molar-refractivity contribution in [3.05, 3.63) is 54.0 Å².